The molecule has 8 heteroatoms. The molecule has 0 aromatic heterocycles. The molecule has 4 rings (SSSR count). The van der Waals surface area contributed by atoms with Crippen LogP contribution in [0.4, 0.5) is 10.5 Å². The van der Waals surface area contributed by atoms with Crippen LogP contribution in [0.2, 0.25) is 0 Å². The molecule has 7 nitrogen and oxygen atoms in total. The van der Waals surface area contributed by atoms with Gasteiger partial charge in [0, 0.05) is 5.69 Å². The number of para-hydroxylation sites is 2. The van der Waals surface area contributed by atoms with Crippen molar-refractivity contribution in [3.8, 4) is 11.5 Å². The Kier molecular flexibility index (Phi) is 7.62. The van der Waals surface area contributed by atoms with E-state index in [2.05, 4.69) is 5.32 Å². The number of hydrogen-bond acceptors (Lipinski definition) is 6. The van der Waals surface area contributed by atoms with Crippen LogP contribution in [0.1, 0.15) is 5.56 Å². The summed E-state index contributed by atoms with van der Waals surface area (Å²) in [6.45, 7) is 0.219. The van der Waals surface area contributed by atoms with Gasteiger partial charge in [0.1, 0.15) is 18.1 Å². The second-order valence-corrected chi connectivity index (χ2v) is 8.26. The number of rotatable bonds is 9. The minimum atomic E-state index is -0.361. The largest absolute Gasteiger partial charge is 0.492 e. The van der Waals surface area contributed by atoms with Crippen molar-refractivity contribution in [2.75, 3.05) is 25.1 Å². The van der Waals surface area contributed by atoms with Crippen molar-refractivity contribution in [2.45, 2.75) is 0 Å². The fraction of sp³-hybridized carbons (Fsp3) is 0.115. The Morgan fingerprint density at radius 2 is 1.59 bits per heavy atom. The summed E-state index contributed by atoms with van der Waals surface area (Å²) >= 11 is 0.886. The van der Waals surface area contributed by atoms with Crippen molar-refractivity contribution < 1.29 is 23.9 Å². The number of thioether (sulfide) groups is 1. The molecule has 0 aliphatic carbocycles. The highest BCUT2D eigenvalue weighted by atomic mass is 32.2. The van der Waals surface area contributed by atoms with Gasteiger partial charge in [0.05, 0.1) is 11.4 Å². The molecule has 1 aliphatic heterocycles. The summed E-state index contributed by atoms with van der Waals surface area (Å²) in [7, 11) is 0. The van der Waals surface area contributed by atoms with E-state index in [1.807, 2.05) is 48.5 Å². The van der Waals surface area contributed by atoms with Crippen molar-refractivity contribution in [3.63, 3.8) is 0 Å². The van der Waals surface area contributed by atoms with E-state index in [1.54, 1.807) is 42.5 Å². The maximum atomic E-state index is 12.7. The summed E-state index contributed by atoms with van der Waals surface area (Å²) in [5.41, 5.74) is 1.38. The molecule has 0 saturated carbocycles. The maximum Gasteiger partial charge on any atom is 0.293 e. The van der Waals surface area contributed by atoms with Crippen LogP contribution in [-0.2, 0) is 9.59 Å². The molecule has 0 radical (unpaired) electrons. The molecule has 34 heavy (non-hydrogen) atoms. The number of nitrogens with one attached hydrogen (secondary N) is 1. The molecule has 1 fully saturated rings. The van der Waals surface area contributed by atoms with Crippen molar-refractivity contribution in [3.05, 3.63) is 95.4 Å². The molecule has 3 amide bonds. The predicted octanol–water partition coefficient (Wildman–Crippen LogP) is 4.82. The monoisotopic (exact) mass is 474 g/mol. The van der Waals surface area contributed by atoms with Gasteiger partial charge >= 0.3 is 0 Å². The van der Waals surface area contributed by atoms with Crippen molar-refractivity contribution >= 4 is 40.6 Å². The number of carbonyl (C=O) groups is 3. The maximum absolute atomic E-state index is 12.7. The highest BCUT2D eigenvalue weighted by Gasteiger charge is 2.34. The summed E-state index contributed by atoms with van der Waals surface area (Å²) in [6, 6.07) is 25.3. The molecule has 1 saturated heterocycles. The van der Waals surface area contributed by atoms with Crippen LogP contribution in [-0.4, -0.2) is 41.7 Å². The Labute approximate surface area is 201 Å². The molecular formula is C26H22N2O5S. The van der Waals surface area contributed by atoms with E-state index in [4.69, 9.17) is 9.47 Å². The lowest BCUT2D eigenvalue weighted by atomic mass is 10.2. The molecule has 0 bridgehead atoms. The van der Waals surface area contributed by atoms with Crippen molar-refractivity contribution in [2.24, 2.45) is 0 Å². The summed E-state index contributed by atoms with van der Waals surface area (Å²) < 4.78 is 11.2. The van der Waals surface area contributed by atoms with Crippen LogP contribution in [0.5, 0.6) is 11.5 Å². The number of benzene rings is 3. The van der Waals surface area contributed by atoms with Crippen LogP contribution >= 0.6 is 11.8 Å². The first-order valence-electron chi connectivity index (χ1n) is 10.6. The summed E-state index contributed by atoms with van der Waals surface area (Å²) in [5.74, 6) is 0.516. The van der Waals surface area contributed by atoms with Crippen molar-refractivity contribution in [1.82, 2.24) is 4.90 Å². The first-order valence-corrected chi connectivity index (χ1v) is 11.4. The van der Waals surface area contributed by atoms with Gasteiger partial charge in [-0.25, -0.2) is 0 Å². The number of imide groups is 1. The average Bonchev–Trinajstić information content (AvgIpc) is 3.11. The lowest BCUT2D eigenvalue weighted by Crippen LogP contribution is -2.32. The van der Waals surface area contributed by atoms with E-state index in [9.17, 15) is 14.4 Å². The third-order valence-corrected chi connectivity index (χ3v) is 5.69. The second-order valence-electron chi connectivity index (χ2n) is 7.27. The Morgan fingerprint density at radius 3 is 2.35 bits per heavy atom. The van der Waals surface area contributed by atoms with Crippen molar-refractivity contribution in [1.29, 1.82) is 0 Å². The van der Waals surface area contributed by atoms with E-state index in [-0.39, 0.29) is 36.8 Å². The number of hydrogen-bond donors (Lipinski definition) is 1. The topological polar surface area (TPSA) is 84.9 Å². The van der Waals surface area contributed by atoms with Gasteiger partial charge in [-0.3, -0.25) is 19.3 Å². The van der Waals surface area contributed by atoms with E-state index in [0.29, 0.717) is 27.7 Å². The molecule has 1 heterocycles. The smallest absolute Gasteiger partial charge is 0.293 e. The van der Waals surface area contributed by atoms with E-state index in [0.717, 1.165) is 11.8 Å². The quantitative estimate of drug-likeness (QED) is 0.448. The third kappa shape index (κ3) is 6.26. The first-order chi connectivity index (χ1) is 16.6. The van der Waals surface area contributed by atoms with Crippen LogP contribution in [0.15, 0.2) is 89.8 Å². The summed E-state index contributed by atoms with van der Waals surface area (Å²) in [4.78, 5) is 38.6. The summed E-state index contributed by atoms with van der Waals surface area (Å²) in [5, 5.41) is 2.42. The zero-order chi connectivity index (χ0) is 23.8. The molecule has 0 unspecified atom stereocenters. The zero-order valence-corrected chi connectivity index (χ0v) is 19.0. The van der Waals surface area contributed by atoms with Gasteiger partial charge in [0.15, 0.2) is 6.61 Å². The fourth-order valence-corrected chi connectivity index (χ4v) is 4.04. The van der Waals surface area contributed by atoms with Crippen LogP contribution in [0.3, 0.4) is 0 Å². The normalized spacial score (nSPS) is 14.4. The second kappa shape index (κ2) is 11.2. The zero-order valence-electron chi connectivity index (χ0n) is 18.2. The highest BCUT2D eigenvalue weighted by molar-refractivity contribution is 8.18. The Hall–Kier alpha value is -4.04. The van der Waals surface area contributed by atoms with E-state index >= 15 is 0 Å². The number of carbonyl (C=O) groups excluding carboxylic acids is 3. The van der Waals surface area contributed by atoms with Gasteiger partial charge in [0.25, 0.3) is 17.1 Å². The number of amides is 3. The van der Waals surface area contributed by atoms with Gasteiger partial charge in [-0.1, -0.05) is 48.5 Å². The van der Waals surface area contributed by atoms with Gasteiger partial charge in [-0.15, -0.1) is 0 Å². The Morgan fingerprint density at radius 1 is 0.882 bits per heavy atom. The average molecular weight is 475 g/mol. The number of ether oxygens (including phenoxy) is 2. The summed E-state index contributed by atoms with van der Waals surface area (Å²) in [6.07, 6.45) is 1.64. The molecular weight excluding hydrogens is 452 g/mol. The first kappa shape index (κ1) is 23.1. The molecule has 0 atom stereocenters. The molecule has 1 aliphatic rings. The van der Waals surface area contributed by atoms with Crippen LogP contribution in [0.25, 0.3) is 6.08 Å². The van der Waals surface area contributed by atoms with Gasteiger partial charge < -0.3 is 14.8 Å². The van der Waals surface area contributed by atoms with Crippen LogP contribution < -0.4 is 14.8 Å². The Balaban J connectivity index is 1.32. The predicted molar refractivity (Wildman–Crippen MR) is 132 cm³/mol. The Bertz CT molecular complexity index is 1200. The molecule has 3 aromatic rings. The number of anilines is 1. The standard InChI is InChI=1S/C26H22N2O5S/c29-24(27-20-9-3-1-4-10-20)18-33-22-13-7-8-19(16-22)17-23-25(30)28(26(31)34-23)14-15-32-21-11-5-2-6-12-21/h1-13,16-17H,14-15,18H2,(H,27,29)/b23-17-. The molecule has 3 aromatic carbocycles. The highest BCUT2D eigenvalue weighted by Crippen LogP contribution is 2.32. The minimum Gasteiger partial charge on any atom is -0.492 e. The SMILES string of the molecule is O=C(COc1cccc(/C=C2\SC(=O)N(CCOc3ccccc3)C2=O)c1)Nc1ccccc1. The lowest BCUT2D eigenvalue weighted by molar-refractivity contribution is -0.123. The number of nitrogens with zero attached hydrogens (tertiary/aromatic N) is 1. The van der Waals surface area contributed by atoms with E-state index in [1.165, 1.54) is 4.90 Å². The third-order valence-electron chi connectivity index (χ3n) is 4.78. The van der Waals surface area contributed by atoms with Crippen LogP contribution in [0, 0.1) is 0 Å². The molecule has 1 N–H and O–H groups in total. The van der Waals surface area contributed by atoms with Gasteiger partial charge in [-0.05, 0) is 59.8 Å². The molecule has 0 spiro atoms. The fourth-order valence-electron chi connectivity index (χ4n) is 3.18. The van der Waals surface area contributed by atoms with Gasteiger partial charge in [-0.2, -0.15) is 0 Å². The minimum absolute atomic E-state index is 0.156. The molecule has 172 valence electrons. The van der Waals surface area contributed by atoms with Gasteiger partial charge in [0.2, 0.25) is 0 Å². The van der Waals surface area contributed by atoms with E-state index < -0.39 is 0 Å². The lowest BCUT2D eigenvalue weighted by Gasteiger charge is -2.13.